The average Bonchev–Trinajstić information content (AvgIpc) is 3.53. The lowest BCUT2D eigenvalue weighted by Crippen LogP contribution is -2.22. The summed E-state index contributed by atoms with van der Waals surface area (Å²) in [6, 6.07) is 13.4. The molecule has 10 nitrogen and oxygen atoms in total. The van der Waals surface area contributed by atoms with Crippen LogP contribution < -0.4 is 15.4 Å². The highest BCUT2D eigenvalue weighted by atomic mass is 19.1. The molecule has 0 radical (unpaired) electrons. The highest BCUT2D eigenvalue weighted by Crippen LogP contribution is 2.19. The maximum absolute atomic E-state index is 13.8. The summed E-state index contributed by atoms with van der Waals surface area (Å²) < 4.78 is 22.1. The highest BCUT2D eigenvalue weighted by Gasteiger charge is 2.10. The van der Waals surface area contributed by atoms with E-state index in [2.05, 4.69) is 30.8 Å². The van der Waals surface area contributed by atoms with Crippen molar-refractivity contribution in [2.45, 2.75) is 6.54 Å². The summed E-state index contributed by atoms with van der Waals surface area (Å²) in [5, 5.41) is 14.6. The Morgan fingerprint density at radius 1 is 1.08 bits per heavy atom. The molecule has 3 aromatic heterocycles. The van der Waals surface area contributed by atoms with Crippen LogP contribution in [0.25, 0.3) is 10.9 Å². The van der Waals surface area contributed by atoms with Gasteiger partial charge in [-0.1, -0.05) is 12.1 Å². The first-order valence-electron chi connectivity index (χ1n) is 11.0. The molecular formula is C25H25FN8O2. The lowest BCUT2D eigenvalue weighted by molar-refractivity contribution is 0.0951. The Bertz CT molecular complexity index is 1470. The fourth-order valence-corrected chi connectivity index (χ4v) is 3.29. The Morgan fingerprint density at radius 2 is 1.94 bits per heavy atom. The maximum Gasteiger partial charge on any atom is 0.251 e. The zero-order valence-electron chi connectivity index (χ0n) is 20.0. The Kier molecular flexibility index (Phi) is 7.49. The van der Waals surface area contributed by atoms with Crippen molar-refractivity contribution in [2.75, 3.05) is 12.4 Å². The Balaban J connectivity index is 0.000000445. The second kappa shape index (κ2) is 11.1. The molecule has 0 saturated heterocycles. The van der Waals surface area contributed by atoms with Gasteiger partial charge in [0.05, 0.1) is 18.8 Å². The van der Waals surface area contributed by atoms with Crippen LogP contribution in [-0.4, -0.2) is 42.5 Å². The molecular weight excluding hydrogens is 463 g/mol. The summed E-state index contributed by atoms with van der Waals surface area (Å²) in [5.41, 5.74) is 1.70. The van der Waals surface area contributed by atoms with E-state index < -0.39 is 5.82 Å². The molecule has 1 amide bonds. The fraction of sp³-hybridized carbons (Fsp3) is 0.160. The highest BCUT2D eigenvalue weighted by molar-refractivity contribution is 5.97. The molecule has 2 aromatic carbocycles. The zero-order chi connectivity index (χ0) is 25.5. The number of anilines is 2. The third-order valence-corrected chi connectivity index (χ3v) is 5.21. The second-order valence-electron chi connectivity index (χ2n) is 7.76. The van der Waals surface area contributed by atoms with Gasteiger partial charge in [-0.25, -0.2) is 14.4 Å². The summed E-state index contributed by atoms with van der Waals surface area (Å²) in [4.78, 5) is 21.3. The molecule has 3 heterocycles. The first-order valence-corrected chi connectivity index (χ1v) is 11.0. The van der Waals surface area contributed by atoms with E-state index >= 15 is 0 Å². The van der Waals surface area contributed by atoms with Gasteiger partial charge in [0.25, 0.3) is 5.91 Å². The van der Waals surface area contributed by atoms with Crippen LogP contribution in [0.1, 0.15) is 15.9 Å². The van der Waals surface area contributed by atoms with Gasteiger partial charge in [0.15, 0.2) is 11.6 Å². The quantitative estimate of drug-likeness (QED) is 0.376. The van der Waals surface area contributed by atoms with Gasteiger partial charge in [-0.05, 0) is 35.9 Å². The van der Waals surface area contributed by atoms with Crippen LogP contribution in [0.3, 0.4) is 0 Å². The number of aromatic nitrogens is 6. The molecule has 0 aliphatic carbocycles. The van der Waals surface area contributed by atoms with Gasteiger partial charge in [-0.3, -0.25) is 14.2 Å². The van der Waals surface area contributed by atoms with Gasteiger partial charge in [-0.15, -0.1) is 0 Å². The number of carbonyl (C=O) groups excluding carboxylic acids is 1. The number of methoxy groups -OCH3 is 1. The number of ether oxygens (including phenoxy) is 1. The van der Waals surface area contributed by atoms with Crippen LogP contribution in [0.2, 0.25) is 0 Å². The van der Waals surface area contributed by atoms with E-state index in [4.69, 9.17) is 4.74 Å². The minimum absolute atomic E-state index is 0.162. The molecule has 184 valence electrons. The number of carbonyl (C=O) groups is 1. The summed E-state index contributed by atoms with van der Waals surface area (Å²) in [6.07, 6.45) is 6.99. The maximum atomic E-state index is 13.8. The predicted molar refractivity (Wildman–Crippen MR) is 133 cm³/mol. The number of hydrogen-bond donors (Lipinski definition) is 2. The first-order chi connectivity index (χ1) is 17.4. The van der Waals surface area contributed by atoms with Gasteiger partial charge in [0.2, 0.25) is 5.95 Å². The Labute approximate surface area is 206 Å². The zero-order valence-corrected chi connectivity index (χ0v) is 20.0. The summed E-state index contributed by atoms with van der Waals surface area (Å²) in [7, 11) is 5.10. The minimum Gasteiger partial charge on any atom is -0.494 e. The number of rotatable bonds is 6. The monoisotopic (exact) mass is 488 g/mol. The van der Waals surface area contributed by atoms with Crippen molar-refractivity contribution >= 4 is 28.6 Å². The molecule has 0 unspecified atom stereocenters. The largest absolute Gasteiger partial charge is 0.494 e. The summed E-state index contributed by atoms with van der Waals surface area (Å²) >= 11 is 0. The van der Waals surface area contributed by atoms with E-state index in [9.17, 15) is 9.18 Å². The van der Waals surface area contributed by atoms with Crippen LogP contribution in [0.15, 0.2) is 73.3 Å². The summed E-state index contributed by atoms with van der Waals surface area (Å²) in [5.74, 6) is 0.551. The lowest BCUT2D eigenvalue weighted by atomic mass is 10.1. The van der Waals surface area contributed by atoms with Crippen LogP contribution in [0, 0.1) is 5.82 Å². The average molecular weight is 489 g/mol. The molecule has 0 aliphatic heterocycles. The number of aryl methyl sites for hydroxylation is 2. The van der Waals surface area contributed by atoms with Crippen LogP contribution in [0.4, 0.5) is 16.2 Å². The van der Waals surface area contributed by atoms with E-state index in [-0.39, 0.29) is 18.2 Å². The molecule has 0 saturated carbocycles. The van der Waals surface area contributed by atoms with Crippen molar-refractivity contribution in [3.05, 3.63) is 90.3 Å². The van der Waals surface area contributed by atoms with Crippen molar-refractivity contribution in [3.63, 3.8) is 0 Å². The number of halogens is 1. The third kappa shape index (κ3) is 6.00. The van der Waals surface area contributed by atoms with Gasteiger partial charge in [0.1, 0.15) is 5.82 Å². The van der Waals surface area contributed by atoms with E-state index in [1.54, 1.807) is 65.3 Å². The van der Waals surface area contributed by atoms with Crippen molar-refractivity contribution in [1.29, 1.82) is 0 Å². The van der Waals surface area contributed by atoms with Crippen LogP contribution in [-0.2, 0) is 20.6 Å². The van der Waals surface area contributed by atoms with Crippen LogP contribution in [0.5, 0.6) is 5.75 Å². The first kappa shape index (κ1) is 24.3. The number of benzene rings is 2. The van der Waals surface area contributed by atoms with E-state index in [1.165, 1.54) is 19.2 Å². The van der Waals surface area contributed by atoms with Crippen molar-refractivity contribution < 1.29 is 13.9 Å². The molecule has 0 spiro atoms. The van der Waals surface area contributed by atoms with E-state index in [1.807, 2.05) is 19.3 Å². The minimum atomic E-state index is -0.472. The number of hydrogen-bond acceptors (Lipinski definition) is 7. The second-order valence-corrected chi connectivity index (χ2v) is 7.76. The topological polar surface area (TPSA) is 112 Å². The van der Waals surface area contributed by atoms with Gasteiger partial charge >= 0.3 is 0 Å². The molecule has 11 heteroatoms. The van der Waals surface area contributed by atoms with Crippen LogP contribution >= 0.6 is 0 Å². The Hall–Kier alpha value is -4.80. The van der Waals surface area contributed by atoms with E-state index in [0.29, 0.717) is 22.6 Å². The number of nitrogens with one attached hydrogen (secondary N) is 2. The number of fused-ring (bicyclic) bond motifs is 1. The normalized spacial score (nSPS) is 10.4. The molecule has 0 atom stereocenters. The molecule has 36 heavy (non-hydrogen) atoms. The van der Waals surface area contributed by atoms with Gasteiger partial charge in [0, 0.05) is 56.2 Å². The van der Waals surface area contributed by atoms with Gasteiger partial charge in [-0.2, -0.15) is 10.2 Å². The SMILES string of the molecule is COc1ccc(CNC(=O)c2ccc3cnc(Nc4ccnn4C)nc3c2)cc1F.Cn1cccn1. The van der Waals surface area contributed by atoms with Crippen molar-refractivity contribution in [2.24, 2.45) is 14.1 Å². The number of amides is 1. The molecule has 5 aromatic rings. The number of nitrogens with zero attached hydrogens (tertiary/aromatic N) is 6. The standard InChI is InChI=1S/C21H19FN6O2.C4H6N2/c1-28-19(7-8-25-28)27-21-24-12-15-5-4-14(10-17(15)26-21)20(29)23-11-13-3-6-18(30-2)16(22)9-13;1-6-4-2-3-5-6/h3-10,12H,11H2,1-2H3,(H,23,29)(H,24,26,27);2-4H,1H3. The van der Waals surface area contributed by atoms with E-state index in [0.717, 1.165) is 11.2 Å². The van der Waals surface area contributed by atoms with Gasteiger partial charge < -0.3 is 15.4 Å². The predicted octanol–water partition coefficient (Wildman–Crippen LogP) is 3.60. The molecule has 2 N–H and O–H groups in total. The molecule has 5 rings (SSSR count). The molecule has 0 fully saturated rings. The van der Waals surface area contributed by atoms with Crippen molar-refractivity contribution in [3.8, 4) is 5.75 Å². The van der Waals surface area contributed by atoms with Crippen molar-refractivity contribution in [1.82, 2.24) is 34.8 Å². The lowest BCUT2D eigenvalue weighted by Gasteiger charge is -2.09. The Morgan fingerprint density at radius 3 is 2.58 bits per heavy atom. The molecule has 0 bridgehead atoms. The smallest absolute Gasteiger partial charge is 0.251 e. The third-order valence-electron chi connectivity index (χ3n) is 5.21. The summed E-state index contributed by atoms with van der Waals surface area (Å²) in [6.45, 7) is 0.189. The fourth-order valence-electron chi connectivity index (χ4n) is 3.29. The molecule has 0 aliphatic rings.